The van der Waals surface area contributed by atoms with E-state index in [-0.39, 0.29) is 11.9 Å². The van der Waals surface area contributed by atoms with Gasteiger partial charge in [0.05, 0.1) is 23.3 Å². The van der Waals surface area contributed by atoms with E-state index >= 15 is 0 Å². The van der Waals surface area contributed by atoms with E-state index < -0.39 is 0 Å². The van der Waals surface area contributed by atoms with E-state index in [0.717, 1.165) is 18.5 Å². The Bertz CT molecular complexity index is 677. The predicted octanol–water partition coefficient (Wildman–Crippen LogP) is 3.12. The first kappa shape index (κ1) is 17.4. The number of carbonyl (C=O) groups excluding carboxylic acids is 1. The lowest BCUT2D eigenvalue weighted by molar-refractivity contribution is 0.0591. The van der Waals surface area contributed by atoms with Crippen molar-refractivity contribution >= 4 is 17.0 Å². The number of rotatable bonds is 7. The van der Waals surface area contributed by atoms with E-state index in [1.54, 1.807) is 7.11 Å². The second-order valence-electron chi connectivity index (χ2n) is 5.72. The zero-order chi connectivity index (χ0) is 17.0. The maximum Gasteiger partial charge on any atom is 0.258 e. The number of hydrogen-bond donors (Lipinski definition) is 0. The van der Waals surface area contributed by atoms with Crippen LogP contribution in [-0.4, -0.2) is 47.3 Å². The summed E-state index contributed by atoms with van der Waals surface area (Å²) >= 11 is 0. The minimum Gasteiger partial charge on any atom is -0.383 e. The molecule has 2 rings (SSSR count). The fraction of sp³-hybridized carbons (Fsp3) is 0.588. The minimum absolute atomic E-state index is 0.0162. The van der Waals surface area contributed by atoms with E-state index in [1.165, 1.54) is 0 Å². The van der Waals surface area contributed by atoms with Crippen LogP contribution in [0.5, 0.6) is 0 Å². The Labute approximate surface area is 136 Å². The molecule has 0 aliphatic carbocycles. The van der Waals surface area contributed by atoms with Gasteiger partial charge in [0.25, 0.3) is 11.6 Å². The summed E-state index contributed by atoms with van der Waals surface area (Å²) < 4.78 is 10.4. The molecule has 0 atom stereocenters. The molecule has 0 aromatic carbocycles. The van der Waals surface area contributed by atoms with Gasteiger partial charge < -0.3 is 14.2 Å². The third-order valence-corrected chi connectivity index (χ3v) is 4.16. The number of amides is 1. The summed E-state index contributed by atoms with van der Waals surface area (Å²) in [6.07, 6.45) is 1.81. The molecule has 6 heteroatoms. The highest BCUT2D eigenvalue weighted by molar-refractivity contribution is 6.06. The Morgan fingerprint density at radius 1 is 1.35 bits per heavy atom. The van der Waals surface area contributed by atoms with Crippen molar-refractivity contribution < 1.29 is 14.1 Å². The third-order valence-electron chi connectivity index (χ3n) is 4.16. The van der Waals surface area contributed by atoms with Gasteiger partial charge in [-0.1, -0.05) is 19.0 Å². The maximum atomic E-state index is 13.2. The lowest BCUT2D eigenvalue weighted by Crippen LogP contribution is -2.42. The summed E-state index contributed by atoms with van der Waals surface area (Å²) in [5.41, 5.74) is 2.46. The van der Waals surface area contributed by atoms with Crippen LogP contribution in [0.15, 0.2) is 10.6 Å². The molecule has 0 fully saturated rings. The molecule has 0 aliphatic rings. The van der Waals surface area contributed by atoms with Crippen molar-refractivity contribution in [1.29, 1.82) is 0 Å². The van der Waals surface area contributed by atoms with Crippen LogP contribution in [0.25, 0.3) is 11.1 Å². The van der Waals surface area contributed by atoms with Gasteiger partial charge in [0.15, 0.2) is 0 Å². The van der Waals surface area contributed by atoms with Crippen LogP contribution in [0.1, 0.15) is 48.4 Å². The van der Waals surface area contributed by atoms with E-state index in [4.69, 9.17) is 9.26 Å². The first-order chi connectivity index (χ1) is 11.0. The average Bonchev–Trinajstić information content (AvgIpc) is 2.91. The lowest BCUT2D eigenvalue weighted by atomic mass is 10.1. The average molecular weight is 319 g/mol. The number of ether oxygens (including phenoxy) is 1. The normalized spacial score (nSPS) is 11.4. The number of methoxy groups -OCH3 is 1. The van der Waals surface area contributed by atoms with E-state index in [2.05, 4.69) is 24.0 Å². The summed E-state index contributed by atoms with van der Waals surface area (Å²) in [4.78, 5) is 19.4. The highest BCUT2D eigenvalue weighted by atomic mass is 16.5. The van der Waals surface area contributed by atoms with Crippen molar-refractivity contribution in [2.75, 3.05) is 20.3 Å². The molecule has 0 saturated carbocycles. The standard InChI is InChI=1S/C17H25N3O3/c1-6-13(7-2)20(8-9-22-5)17(21)14-10-11(3)18-16-15(14)12(4)19-23-16/h10,13H,6-9H2,1-5H3. The Kier molecular flexibility index (Phi) is 5.71. The van der Waals surface area contributed by atoms with Crippen molar-refractivity contribution in [3.05, 3.63) is 23.0 Å². The molecule has 6 nitrogen and oxygen atoms in total. The first-order valence-electron chi connectivity index (χ1n) is 8.06. The summed E-state index contributed by atoms with van der Waals surface area (Å²) in [7, 11) is 1.65. The molecule has 2 heterocycles. The van der Waals surface area contributed by atoms with Crippen molar-refractivity contribution in [2.24, 2.45) is 0 Å². The zero-order valence-electron chi connectivity index (χ0n) is 14.5. The number of pyridine rings is 1. The van der Waals surface area contributed by atoms with E-state index in [0.29, 0.717) is 35.5 Å². The van der Waals surface area contributed by atoms with Gasteiger partial charge in [-0.05, 0) is 32.8 Å². The molecule has 0 unspecified atom stereocenters. The number of nitrogens with zero attached hydrogens (tertiary/aromatic N) is 3. The Morgan fingerprint density at radius 3 is 2.65 bits per heavy atom. The van der Waals surface area contributed by atoms with Crippen molar-refractivity contribution in [1.82, 2.24) is 15.0 Å². The third kappa shape index (κ3) is 3.52. The molecule has 1 amide bonds. The molecule has 126 valence electrons. The molecule has 0 saturated heterocycles. The number of aromatic nitrogens is 2. The van der Waals surface area contributed by atoms with Gasteiger partial charge in [-0.15, -0.1) is 0 Å². The van der Waals surface area contributed by atoms with E-state index in [9.17, 15) is 4.79 Å². The molecule has 2 aromatic heterocycles. The van der Waals surface area contributed by atoms with Gasteiger partial charge in [-0.25, -0.2) is 4.98 Å². The van der Waals surface area contributed by atoms with Gasteiger partial charge in [-0.2, -0.15) is 0 Å². The molecule has 0 bridgehead atoms. The van der Waals surface area contributed by atoms with Crippen LogP contribution in [0.2, 0.25) is 0 Å². The Hall–Kier alpha value is -1.95. The molecule has 0 radical (unpaired) electrons. The Balaban J connectivity index is 2.48. The number of aryl methyl sites for hydroxylation is 2. The monoisotopic (exact) mass is 319 g/mol. The number of hydrogen-bond acceptors (Lipinski definition) is 5. The van der Waals surface area contributed by atoms with Gasteiger partial charge >= 0.3 is 0 Å². The molecular weight excluding hydrogens is 294 g/mol. The highest BCUT2D eigenvalue weighted by Gasteiger charge is 2.26. The van der Waals surface area contributed by atoms with Crippen LogP contribution in [-0.2, 0) is 4.74 Å². The smallest absolute Gasteiger partial charge is 0.258 e. The van der Waals surface area contributed by atoms with Crippen LogP contribution < -0.4 is 0 Å². The molecule has 23 heavy (non-hydrogen) atoms. The van der Waals surface area contributed by atoms with E-state index in [1.807, 2.05) is 24.8 Å². The fourth-order valence-corrected chi connectivity index (χ4v) is 2.91. The molecule has 0 N–H and O–H groups in total. The quantitative estimate of drug-likeness (QED) is 0.784. The van der Waals surface area contributed by atoms with Crippen molar-refractivity contribution in [3.8, 4) is 0 Å². The second-order valence-corrected chi connectivity index (χ2v) is 5.72. The minimum atomic E-state index is -0.0162. The predicted molar refractivity (Wildman–Crippen MR) is 88.6 cm³/mol. The van der Waals surface area contributed by atoms with Gasteiger partial charge in [0, 0.05) is 25.4 Å². The summed E-state index contributed by atoms with van der Waals surface area (Å²) in [6, 6.07) is 2.00. The fourth-order valence-electron chi connectivity index (χ4n) is 2.91. The topological polar surface area (TPSA) is 68.5 Å². The molecule has 2 aromatic rings. The largest absolute Gasteiger partial charge is 0.383 e. The highest BCUT2D eigenvalue weighted by Crippen LogP contribution is 2.24. The lowest BCUT2D eigenvalue weighted by Gasteiger charge is -2.30. The summed E-state index contributed by atoms with van der Waals surface area (Å²) in [5.74, 6) is -0.0162. The van der Waals surface area contributed by atoms with Crippen LogP contribution in [0, 0.1) is 13.8 Å². The second kappa shape index (κ2) is 7.55. The summed E-state index contributed by atoms with van der Waals surface area (Å²) in [6.45, 7) is 8.95. The summed E-state index contributed by atoms with van der Waals surface area (Å²) in [5, 5.41) is 4.66. The molecule has 0 spiro atoms. The first-order valence-corrected chi connectivity index (χ1v) is 8.06. The maximum absolute atomic E-state index is 13.2. The SMILES string of the molecule is CCC(CC)N(CCOC)C(=O)c1cc(C)nc2onc(C)c12. The number of carbonyl (C=O) groups is 1. The Morgan fingerprint density at radius 2 is 2.04 bits per heavy atom. The van der Waals surface area contributed by atoms with Crippen molar-refractivity contribution in [2.45, 2.75) is 46.6 Å². The van der Waals surface area contributed by atoms with Gasteiger partial charge in [-0.3, -0.25) is 4.79 Å². The van der Waals surface area contributed by atoms with Crippen LogP contribution >= 0.6 is 0 Å². The molecule has 0 aliphatic heterocycles. The molecular formula is C17H25N3O3. The van der Waals surface area contributed by atoms with Crippen LogP contribution in [0.4, 0.5) is 0 Å². The van der Waals surface area contributed by atoms with Gasteiger partial charge in [0.2, 0.25) is 0 Å². The zero-order valence-corrected chi connectivity index (χ0v) is 14.5. The van der Waals surface area contributed by atoms with Crippen molar-refractivity contribution in [3.63, 3.8) is 0 Å². The number of fused-ring (bicyclic) bond motifs is 1. The van der Waals surface area contributed by atoms with Crippen LogP contribution in [0.3, 0.4) is 0 Å². The van der Waals surface area contributed by atoms with Gasteiger partial charge in [0.1, 0.15) is 0 Å².